The molecule has 0 aliphatic carbocycles. The van der Waals surface area contributed by atoms with E-state index in [0.717, 1.165) is 16.8 Å². The largest absolute Gasteiger partial charge is 0.378 e. The van der Waals surface area contributed by atoms with Gasteiger partial charge in [0.05, 0.1) is 11.4 Å². The topological polar surface area (TPSA) is 66.3 Å². The molecule has 0 amide bonds. The second-order valence-electron chi connectivity index (χ2n) is 5.79. The Hall–Kier alpha value is -2.99. The third kappa shape index (κ3) is 2.57. The first-order valence-corrected chi connectivity index (χ1v) is 7.75. The van der Waals surface area contributed by atoms with E-state index in [-0.39, 0.29) is 6.04 Å². The van der Waals surface area contributed by atoms with E-state index in [1.165, 1.54) is 0 Å². The Morgan fingerprint density at radius 2 is 1.88 bits per heavy atom. The van der Waals surface area contributed by atoms with Gasteiger partial charge < -0.3 is 4.84 Å². The lowest BCUT2D eigenvalue weighted by molar-refractivity contribution is -0.140. The molecule has 6 nitrogen and oxygen atoms in total. The van der Waals surface area contributed by atoms with E-state index >= 15 is 0 Å². The van der Waals surface area contributed by atoms with E-state index in [1.807, 2.05) is 61.5 Å². The van der Waals surface area contributed by atoms with Crippen LogP contribution in [0.5, 0.6) is 0 Å². The minimum absolute atomic E-state index is 0.0676. The Kier molecular flexibility index (Phi) is 3.59. The molecule has 1 unspecified atom stereocenters. The van der Waals surface area contributed by atoms with Gasteiger partial charge in [-0.25, -0.2) is 9.80 Å². The molecule has 2 heterocycles. The maximum Gasteiger partial charge on any atom is 0.378 e. The summed E-state index contributed by atoms with van der Waals surface area (Å²) < 4.78 is 0. The first kappa shape index (κ1) is 14.6. The Bertz CT molecular complexity index is 828. The van der Waals surface area contributed by atoms with Gasteiger partial charge in [0.2, 0.25) is 0 Å². The SMILES string of the molecule is Cc1ccc(N2NOC(=O)C2=C2CC(c3ccccc3)N=N2)cc1. The van der Waals surface area contributed by atoms with Crippen molar-refractivity contribution in [1.29, 1.82) is 0 Å². The number of nitrogens with one attached hydrogen (secondary N) is 1. The number of anilines is 1. The van der Waals surface area contributed by atoms with Gasteiger partial charge in [-0.1, -0.05) is 53.6 Å². The fraction of sp³-hybridized carbons (Fsp3) is 0.167. The van der Waals surface area contributed by atoms with Crippen molar-refractivity contribution in [1.82, 2.24) is 5.59 Å². The van der Waals surface area contributed by atoms with Gasteiger partial charge in [0.25, 0.3) is 0 Å². The number of benzene rings is 2. The second kappa shape index (κ2) is 5.90. The molecule has 1 fully saturated rings. The average Bonchev–Trinajstić information content (AvgIpc) is 3.23. The van der Waals surface area contributed by atoms with Gasteiger partial charge in [-0.3, -0.25) is 0 Å². The van der Waals surface area contributed by atoms with Gasteiger partial charge in [0.1, 0.15) is 6.04 Å². The van der Waals surface area contributed by atoms with Crippen molar-refractivity contribution in [2.24, 2.45) is 10.2 Å². The molecule has 4 rings (SSSR count). The quantitative estimate of drug-likeness (QED) is 0.859. The van der Waals surface area contributed by atoms with Crippen molar-refractivity contribution in [3.05, 3.63) is 77.1 Å². The first-order chi connectivity index (χ1) is 11.7. The summed E-state index contributed by atoms with van der Waals surface area (Å²) in [7, 11) is 0. The van der Waals surface area contributed by atoms with Gasteiger partial charge in [-0.05, 0) is 24.6 Å². The van der Waals surface area contributed by atoms with Crippen LogP contribution in [0.4, 0.5) is 5.69 Å². The Labute approximate surface area is 139 Å². The van der Waals surface area contributed by atoms with Crippen molar-refractivity contribution in [3.8, 4) is 0 Å². The number of hydrazine groups is 1. The van der Waals surface area contributed by atoms with Crippen molar-refractivity contribution >= 4 is 11.7 Å². The van der Waals surface area contributed by atoms with E-state index in [4.69, 9.17) is 4.84 Å². The van der Waals surface area contributed by atoms with Gasteiger partial charge >= 0.3 is 5.97 Å². The zero-order valence-corrected chi connectivity index (χ0v) is 13.1. The molecule has 2 aromatic carbocycles. The molecule has 0 aromatic heterocycles. The molecule has 2 aliphatic heterocycles. The van der Waals surface area contributed by atoms with Gasteiger partial charge in [0.15, 0.2) is 5.70 Å². The van der Waals surface area contributed by atoms with Crippen LogP contribution in [-0.2, 0) is 9.63 Å². The van der Waals surface area contributed by atoms with E-state index in [1.54, 1.807) is 5.01 Å². The summed E-state index contributed by atoms with van der Waals surface area (Å²) in [5, 5.41) is 10.2. The van der Waals surface area contributed by atoms with Crippen LogP contribution in [0.2, 0.25) is 0 Å². The number of hydrogen-bond acceptors (Lipinski definition) is 6. The summed E-state index contributed by atoms with van der Waals surface area (Å²) in [5.74, 6) is -0.446. The maximum absolute atomic E-state index is 12.2. The van der Waals surface area contributed by atoms with Gasteiger partial charge in [0, 0.05) is 6.42 Å². The van der Waals surface area contributed by atoms with E-state index in [2.05, 4.69) is 15.8 Å². The number of carbonyl (C=O) groups is 1. The Morgan fingerprint density at radius 3 is 2.62 bits per heavy atom. The van der Waals surface area contributed by atoms with E-state index in [9.17, 15) is 4.79 Å². The highest BCUT2D eigenvalue weighted by Crippen LogP contribution is 2.36. The number of carbonyl (C=O) groups excluding carboxylic acids is 1. The van der Waals surface area contributed by atoms with Crippen molar-refractivity contribution < 1.29 is 9.63 Å². The minimum atomic E-state index is -0.446. The van der Waals surface area contributed by atoms with Crippen LogP contribution in [0.25, 0.3) is 0 Å². The molecule has 24 heavy (non-hydrogen) atoms. The Balaban J connectivity index is 1.66. The highest BCUT2D eigenvalue weighted by molar-refractivity contribution is 5.95. The summed E-state index contributed by atoms with van der Waals surface area (Å²) in [5.41, 5.74) is 6.70. The third-order valence-electron chi connectivity index (χ3n) is 4.10. The van der Waals surface area contributed by atoms with E-state index in [0.29, 0.717) is 17.8 Å². The van der Waals surface area contributed by atoms with Crippen LogP contribution in [-0.4, -0.2) is 5.97 Å². The number of rotatable bonds is 2. The second-order valence-corrected chi connectivity index (χ2v) is 5.79. The number of azo groups is 1. The molecule has 1 saturated heterocycles. The van der Waals surface area contributed by atoms with Crippen molar-refractivity contribution in [2.45, 2.75) is 19.4 Å². The number of aryl methyl sites for hydroxylation is 1. The maximum atomic E-state index is 12.2. The molecule has 0 saturated carbocycles. The van der Waals surface area contributed by atoms with Crippen molar-refractivity contribution in [3.63, 3.8) is 0 Å². The first-order valence-electron chi connectivity index (χ1n) is 7.75. The molecule has 0 radical (unpaired) electrons. The predicted octanol–water partition coefficient (Wildman–Crippen LogP) is 3.59. The Morgan fingerprint density at radius 1 is 1.12 bits per heavy atom. The van der Waals surface area contributed by atoms with Crippen LogP contribution in [0, 0.1) is 6.92 Å². The normalized spacial score (nSPS) is 23.0. The molecule has 2 aromatic rings. The molecule has 1 N–H and O–H groups in total. The summed E-state index contributed by atoms with van der Waals surface area (Å²) in [6.07, 6.45) is 0.568. The van der Waals surface area contributed by atoms with Crippen LogP contribution in [0.1, 0.15) is 23.6 Å². The lowest BCUT2D eigenvalue weighted by Gasteiger charge is -2.16. The number of nitrogens with zero attached hydrogens (tertiary/aromatic N) is 3. The standard InChI is InChI=1S/C18H16N4O2/c1-12-7-9-14(10-8-12)22-17(18(23)24-21-22)16-11-15(19-20-16)13-5-3-2-4-6-13/h2-10,15,21H,11H2,1H3. The lowest BCUT2D eigenvalue weighted by Crippen LogP contribution is -2.29. The zero-order valence-electron chi connectivity index (χ0n) is 13.1. The fourth-order valence-electron chi connectivity index (χ4n) is 2.80. The minimum Gasteiger partial charge on any atom is -0.345 e. The highest BCUT2D eigenvalue weighted by Gasteiger charge is 2.35. The van der Waals surface area contributed by atoms with Crippen LogP contribution < -0.4 is 10.6 Å². The molecule has 0 spiro atoms. The molecule has 120 valence electrons. The molecule has 2 aliphatic rings. The smallest absolute Gasteiger partial charge is 0.345 e. The molecular formula is C18H16N4O2. The average molecular weight is 320 g/mol. The third-order valence-corrected chi connectivity index (χ3v) is 4.10. The predicted molar refractivity (Wildman–Crippen MR) is 88.6 cm³/mol. The molecule has 1 atom stereocenters. The molecule has 0 bridgehead atoms. The fourth-order valence-corrected chi connectivity index (χ4v) is 2.80. The highest BCUT2D eigenvalue weighted by atomic mass is 16.7. The zero-order chi connectivity index (χ0) is 16.5. The van der Waals surface area contributed by atoms with Crippen LogP contribution >= 0.6 is 0 Å². The summed E-state index contributed by atoms with van der Waals surface area (Å²) in [6.45, 7) is 2.01. The number of hydrogen-bond donors (Lipinski definition) is 1. The lowest BCUT2D eigenvalue weighted by atomic mass is 10.0. The summed E-state index contributed by atoms with van der Waals surface area (Å²) in [4.78, 5) is 17.2. The van der Waals surface area contributed by atoms with Crippen molar-refractivity contribution in [2.75, 3.05) is 5.01 Å². The molecular weight excluding hydrogens is 304 g/mol. The van der Waals surface area contributed by atoms with Gasteiger partial charge in [-0.2, -0.15) is 10.2 Å². The van der Waals surface area contributed by atoms with Crippen LogP contribution in [0.3, 0.4) is 0 Å². The summed E-state index contributed by atoms with van der Waals surface area (Å²) >= 11 is 0. The van der Waals surface area contributed by atoms with E-state index < -0.39 is 5.97 Å². The monoisotopic (exact) mass is 320 g/mol. The van der Waals surface area contributed by atoms with Gasteiger partial charge in [-0.15, -0.1) is 0 Å². The molecule has 6 heteroatoms. The summed E-state index contributed by atoms with van der Waals surface area (Å²) in [6, 6.07) is 17.7. The van der Waals surface area contributed by atoms with Crippen LogP contribution in [0.15, 0.2) is 76.2 Å².